The van der Waals surface area contributed by atoms with Crippen LogP contribution in [0.3, 0.4) is 0 Å². The van der Waals surface area contributed by atoms with Crippen molar-refractivity contribution in [3.05, 3.63) is 99.8 Å². The van der Waals surface area contributed by atoms with Crippen LogP contribution in [-0.4, -0.2) is 24.1 Å². The van der Waals surface area contributed by atoms with Crippen LogP contribution in [0.5, 0.6) is 0 Å². The van der Waals surface area contributed by atoms with Gasteiger partial charge in [-0.3, -0.25) is 14.5 Å². The van der Waals surface area contributed by atoms with Crippen molar-refractivity contribution in [3.63, 3.8) is 0 Å². The molecule has 1 N–H and O–H groups in total. The zero-order valence-corrected chi connectivity index (χ0v) is 20.6. The van der Waals surface area contributed by atoms with Gasteiger partial charge in [-0.25, -0.2) is 4.39 Å². The van der Waals surface area contributed by atoms with E-state index in [1.54, 1.807) is 23.1 Å². The maximum atomic E-state index is 13.4. The predicted molar refractivity (Wildman–Crippen MR) is 137 cm³/mol. The summed E-state index contributed by atoms with van der Waals surface area (Å²) in [5.41, 5.74) is 4.09. The SMILES string of the molecule is CCC(CNC(=O)c1ccc(N2C(=O)CSC2c2ccc(F)cc2)c(C)c1)c1cccc(Cl)c1. The van der Waals surface area contributed by atoms with Crippen LogP contribution in [0.1, 0.15) is 51.7 Å². The smallest absolute Gasteiger partial charge is 0.251 e. The highest BCUT2D eigenvalue weighted by Gasteiger charge is 2.35. The van der Waals surface area contributed by atoms with Crippen molar-refractivity contribution in [2.75, 3.05) is 17.2 Å². The molecule has 0 bridgehead atoms. The summed E-state index contributed by atoms with van der Waals surface area (Å²) in [7, 11) is 0. The van der Waals surface area contributed by atoms with E-state index in [1.807, 2.05) is 43.3 Å². The van der Waals surface area contributed by atoms with Gasteiger partial charge in [0.15, 0.2) is 0 Å². The Balaban J connectivity index is 1.49. The van der Waals surface area contributed by atoms with Gasteiger partial charge in [-0.1, -0.05) is 42.8 Å². The molecule has 1 fully saturated rings. The first-order chi connectivity index (χ1) is 16.4. The fraction of sp³-hybridized carbons (Fsp3) is 0.259. The zero-order chi connectivity index (χ0) is 24.2. The number of carbonyl (C=O) groups is 2. The molecule has 3 aromatic rings. The fourth-order valence-corrected chi connectivity index (χ4v) is 5.57. The molecule has 1 saturated heterocycles. The van der Waals surface area contributed by atoms with Crippen molar-refractivity contribution in [1.82, 2.24) is 5.32 Å². The molecular formula is C27H26ClFN2O2S. The minimum atomic E-state index is -0.308. The molecule has 3 aromatic carbocycles. The molecule has 2 atom stereocenters. The summed E-state index contributed by atoms with van der Waals surface area (Å²) >= 11 is 7.63. The number of amides is 2. The van der Waals surface area contributed by atoms with Crippen molar-refractivity contribution < 1.29 is 14.0 Å². The van der Waals surface area contributed by atoms with Gasteiger partial charge in [-0.2, -0.15) is 0 Å². The Kier molecular flexibility index (Phi) is 7.59. The number of hydrogen-bond donors (Lipinski definition) is 1. The number of carbonyl (C=O) groups excluding carboxylic acids is 2. The lowest BCUT2D eigenvalue weighted by Crippen LogP contribution is -2.30. The van der Waals surface area contributed by atoms with Gasteiger partial charge in [0.2, 0.25) is 5.91 Å². The first-order valence-electron chi connectivity index (χ1n) is 11.2. The van der Waals surface area contributed by atoms with Gasteiger partial charge < -0.3 is 5.32 Å². The second kappa shape index (κ2) is 10.6. The van der Waals surface area contributed by atoms with Crippen LogP contribution in [-0.2, 0) is 4.79 Å². The number of anilines is 1. The molecule has 4 nitrogen and oxygen atoms in total. The number of aryl methyl sites for hydroxylation is 1. The molecule has 0 spiro atoms. The molecule has 34 heavy (non-hydrogen) atoms. The van der Waals surface area contributed by atoms with E-state index in [0.717, 1.165) is 28.8 Å². The molecule has 1 aliphatic heterocycles. The summed E-state index contributed by atoms with van der Waals surface area (Å²) in [6.07, 6.45) is 0.873. The van der Waals surface area contributed by atoms with Gasteiger partial charge in [-0.05, 0) is 72.5 Å². The number of nitrogens with zero attached hydrogens (tertiary/aromatic N) is 1. The van der Waals surface area contributed by atoms with Crippen LogP contribution < -0.4 is 10.2 Å². The number of thioether (sulfide) groups is 1. The maximum Gasteiger partial charge on any atom is 0.251 e. The molecular weight excluding hydrogens is 471 g/mol. The molecule has 4 rings (SSSR count). The normalized spacial score (nSPS) is 16.5. The van der Waals surface area contributed by atoms with E-state index in [9.17, 15) is 14.0 Å². The largest absolute Gasteiger partial charge is 0.351 e. The van der Waals surface area contributed by atoms with E-state index in [2.05, 4.69) is 12.2 Å². The van der Waals surface area contributed by atoms with Crippen LogP contribution in [0.25, 0.3) is 0 Å². The van der Waals surface area contributed by atoms with Gasteiger partial charge in [0, 0.05) is 28.7 Å². The molecule has 7 heteroatoms. The van der Waals surface area contributed by atoms with Gasteiger partial charge >= 0.3 is 0 Å². The molecule has 2 amide bonds. The van der Waals surface area contributed by atoms with Crippen molar-refractivity contribution in [2.45, 2.75) is 31.6 Å². The number of hydrogen-bond acceptors (Lipinski definition) is 3. The second-order valence-electron chi connectivity index (χ2n) is 8.35. The van der Waals surface area contributed by atoms with E-state index in [0.29, 0.717) is 22.9 Å². The summed E-state index contributed by atoms with van der Waals surface area (Å²) in [6, 6.07) is 19.3. The molecule has 0 saturated carbocycles. The zero-order valence-electron chi connectivity index (χ0n) is 19.1. The minimum absolute atomic E-state index is 0.00747. The number of benzene rings is 3. The minimum Gasteiger partial charge on any atom is -0.351 e. The van der Waals surface area contributed by atoms with E-state index < -0.39 is 0 Å². The van der Waals surface area contributed by atoms with Crippen LogP contribution >= 0.6 is 23.4 Å². The maximum absolute atomic E-state index is 13.4. The Hall–Kier alpha value is -2.83. The summed E-state index contributed by atoms with van der Waals surface area (Å²) < 4.78 is 13.4. The quantitative estimate of drug-likeness (QED) is 0.406. The Morgan fingerprint density at radius 1 is 1.18 bits per heavy atom. The summed E-state index contributed by atoms with van der Waals surface area (Å²) in [4.78, 5) is 27.3. The fourth-order valence-electron chi connectivity index (χ4n) is 4.20. The predicted octanol–water partition coefficient (Wildman–Crippen LogP) is 6.49. The van der Waals surface area contributed by atoms with Gasteiger partial charge in [0.25, 0.3) is 5.91 Å². The molecule has 0 aliphatic carbocycles. The third kappa shape index (κ3) is 5.29. The molecule has 0 radical (unpaired) electrons. The van der Waals surface area contributed by atoms with Crippen LogP contribution in [0.4, 0.5) is 10.1 Å². The Labute approximate surface area is 208 Å². The first-order valence-corrected chi connectivity index (χ1v) is 12.6. The van der Waals surface area contributed by atoms with Crippen molar-refractivity contribution in [2.24, 2.45) is 0 Å². The third-order valence-corrected chi connectivity index (χ3v) is 7.51. The summed E-state index contributed by atoms with van der Waals surface area (Å²) in [5, 5.41) is 3.49. The molecule has 2 unspecified atom stereocenters. The van der Waals surface area contributed by atoms with E-state index in [1.165, 1.54) is 23.9 Å². The molecule has 0 aromatic heterocycles. The number of halogens is 2. The van der Waals surface area contributed by atoms with Crippen LogP contribution in [0.2, 0.25) is 5.02 Å². The van der Waals surface area contributed by atoms with Gasteiger partial charge in [0.1, 0.15) is 11.2 Å². The highest BCUT2D eigenvalue weighted by molar-refractivity contribution is 8.00. The van der Waals surface area contributed by atoms with Crippen LogP contribution in [0.15, 0.2) is 66.7 Å². The lowest BCUT2D eigenvalue weighted by Gasteiger charge is -2.26. The molecule has 176 valence electrons. The first kappa shape index (κ1) is 24.3. The topological polar surface area (TPSA) is 49.4 Å². The highest BCUT2D eigenvalue weighted by Crippen LogP contribution is 2.42. The Bertz CT molecular complexity index is 1200. The lowest BCUT2D eigenvalue weighted by atomic mass is 9.96. The van der Waals surface area contributed by atoms with E-state index >= 15 is 0 Å². The van der Waals surface area contributed by atoms with Gasteiger partial charge in [-0.15, -0.1) is 11.8 Å². The Morgan fingerprint density at radius 2 is 1.94 bits per heavy atom. The standard InChI is InChI=1S/C27H26ClFN2O2S/c1-3-18(20-5-4-6-22(28)14-20)15-30-26(33)21-9-12-24(17(2)13-21)31-25(32)16-34-27(31)19-7-10-23(29)11-8-19/h4-14,18,27H,3,15-16H2,1-2H3,(H,30,33). The monoisotopic (exact) mass is 496 g/mol. The molecule has 1 aliphatic rings. The third-order valence-electron chi connectivity index (χ3n) is 6.06. The average Bonchev–Trinajstić information content (AvgIpc) is 3.21. The van der Waals surface area contributed by atoms with Crippen molar-refractivity contribution in [3.8, 4) is 0 Å². The van der Waals surface area contributed by atoms with E-state index in [-0.39, 0.29) is 28.9 Å². The van der Waals surface area contributed by atoms with Crippen molar-refractivity contribution in [1.29, 1.82) is 0 Å². The van der Waals surface area contributed by atoms with Crippen LogP contribution in [0, 0.1) is 12.7 Å². The lowest BCUT2D eigenvalue weighted by molar-refractivity contribution is -0.115. The summed E-state index contributed by atoms with van der Waals surface area (Å²) in [6.45, 7) is 4.48. The number of rotatable bonds is 7. The molecule has 1 heterocycles. The highest BCUT2D eigenvalue weighted by atomic mass is 35.5. The van der Waals surface area contributed by atoms with E-state index in [4.69, 9.17) is 11.6 Å². The van der Waals surface area contributed by atoms with Gasteiger partial charge in [0.05, 0.1) is 5.75 Å². The summed E-state index contributed by atoms with van der Waals surface area (Å²) in [5.74, 6) is 0.0425. The number of nitrogens with one attached hydrogen (secondary N) is 1. The Morgan fingerprint density at radius 3 is 2.62 bits per heavy atom. The van der Waals surface area contributed by atoms with Crippen molar-refractivity contribution >= 4 is 40.9 Å². The average molecular weight is 497 g/mol. The second-order valence-corrected chi connectivity index (χ2v) is 9.86.